The van der Waals surface area contributed by atoms with Crippen molar-refractivity contribution in [3.63, 3.8) is 0 Å². The zero-order chi connectivity index (χ0) is 21.5. The Hall–Kier alpha value is -2.67. The van der Waals surface area contributed by atoms with Crippen molar-refractivity contribution in [1.29, 1.82) is 0 Å². The van der Waals surface area contributed by atoms with E-state index in [-0.39, 0.29) is 11.9 Å². The summed E-state index contributed by atoms with van der Waals surface area (Å²) in [5.74, 6) is 1.00. The number of nitrogens with one attached hydrogen (secondary N) is 2. The number of anilines is 1. The summed E-state index contributed by atoms with van der Waals surface area (Å²) in [6.45, 7) is 7.36. The number of hydrogen-bond donors (Lipinski definition) is 2. The number of aliphatic imine (C=N–C) groups is 1. The summed E-state index contributed by atoms with van der Waals surface area (Å²) in [4.78, 5) is 13.7. The quantitative estimate of drug-likeness (QED) is 0.528. The van der Waals surface area contributed by atoms with E-state index in [0.29, 0.717) is 24.9 Å². The number of nitrogens with zero attached hydrogens (tertiary/aromatic N) is 4. The van der Waals surface area contributed by atoms with Crippen molar-refractivity contribution >= 4 is 11.8 Å². The van der Waals surface area contributed by atoms with Gasteiger partial charge in [0.15, 0.2) is 17.6 Å². The van der Waals surface area contributed by atoms with E-state index < -0.39 is 0 Å². The lowest BCUT2D eigenvalue weighted by molar-refractivity contribution is 0.251. The van der Waals surface area contributed by atoms with Gasteiger partial charge in [-0.05, 0) is 57.0 Å². The van der Waals surface area contributed by atoms with Gasteiger partial charge in [0.05, 0.1) is 12.6 Å². The van der Waals surface area contributed by atoms with Crippen LogP contribution in [0.4, 0.5) is 10.2 Å². The molecule has 0 amide bonds. The van der Waals surface area contributed by atoms with Crippen molar-refractivity contribution in [2.75, 3.05) is 44.2 Å². The smallest absolute Gasteiger partial charge is 0.191 e. The molecule has 1 aromatic carbocycles. The summed E-state index contributed by atoms with van der Waals surface area (Å²) < 4.78 is 14.1. The monoisotopic (exact) mass is 424 g/mol. The van der Waals surface area contributed by atoms with Gasteiger partial charge in [0.25, 0.3) is 0 Å². The third kappa shape index (κ3) is 5.53. The fraction of sp³-hybridized carbons (Fsp3) is 0.500. The maximum atomic E-state index is 14.1. The Morgan fingerprint density at radius 1 is 1.16 bits per heavy atom. The molecule has 0 spiro atoms. The highest BCUT2D eigenvalue weighted by Crippen LogP contribution is 2.25. The SMILES string of the molecule is CCNC(=NCC(c1ccccc1)N1CCCC1)NC1CCN(c2ncccc2F)C1. The van der Waals surface area contributed by atoms with E-state index in [1.165, 1.54) is 24.5 Å². The lowest BCUT2D eigenvalue weighted by Crippen LogP contribution is -2.45. The lowest BCUT2D eigenvalue weighted by atomic mass is 10.1. The van der Waals surface area contributed by atoms with Gasteiger partial charge in [-0.2, -0.15) is 0 Å². The molecule has 0 radical (unpaired) electrons. The molecule has 7 heteroatoms. The molecule has 2 aliphatic heterocycles. The van der Waals surface area contributed by atoms with Gasteiger partial charge >= 0.3 is 0 Å². The van der Waals surface area contributed by atoms with Crippen molar-refractivity contribution < 1.29 is 4.39 Å². The largest absolute Gasteiger partial charge is 0.357 e. The predicted molar refractivity (Wildman–Crippen MR) is 124 cm³/mol. The van der Waals surface area contributed by atoms with Crippen LogP contribution in [0.25, 0.3) is 0 Å². The minimum atomic E-state index is -0.264. The average Bonchev–Trinajstić information content (AvgIpc) is 3.48. The second-order valence-corrected chi connectivity index (χ2v) is 8.27. The fourth-order valence-corrected chi connectivity index (χ4v) is 4.53. The average molecular weight is 425 g/mol. The van der Waals surface area contributed by atoms with Gasteiger partial charge in [-0.15, -0.1) is 0 Å². The Morgan fingerprint density at radius 2 is 1.97 bits per heavy atom. The van der Waals surface area contributed by atoms with Crippen molar-refractivity contribution in [2.45, 2.75) is 38.3 Å². The Bertz CT molecular complexity index is 852. The molecule has 2 fully saturated rings. The van der Waals surface area contributed by atoms with E-state index in [0.717, 1.165) is 38.6 Å². The van der Waals surface area contributed by atoms with Gasteiger partial charge in [-0.25, -0.2) is 9.37 Å². The molecule has 4 rings (SSSR count). The molecule has 2 atom stereocenters. The van der Waals surface area contributed by atoms with Gasteiger partial charge in [0, 0.05) is 31.9 Å². The van der Waals surface area contributed by atoms with E-state index in [2.05, 4.69) is 57.8 Å². The van der Waals surface area contributed by atoms with E-state index in [1.54, 1.807) is 12.3 Å². The Kier molecular flexibility index (Phi) is 7.35. The number of aromatic nitrogens is 1. The van der Waals surface area contributed by atoms with E-state index >= 15 is 0 Å². The van der Waals surface area contributed by atoms with Gasteiger partial charge < -0.3 is 15.5 Å². The maximum absolute atomic E-state index is 14.1. The van der Waals surface area contributed by atoms with Crippen LogP contribution in [0.5, 0.6) is 0 Å². The van der Waals surface area contributed by atoms with Crippen LogP contribution in [0, 0.1) is 5.82 Å². The second kappa shape index (κ2) is 10.6. The zero-order valence-electron chi connectivity index (χ0n) is 18.3. The summed E-state index contributed by atoms with van der Waals surface area (Å²) in [5.41, 5.74) is 1.32. The van der Waals surface area contributed by atoms with Crippen LogP contribution < -0.4 is 15.5 Å². The van der Waals surface area contributed by atoms with Crippen molar-refractivity contribution in [1.82, 2.24) is 20.5 Å². The number of hydrogen-bond acceptors (Lipinski definition) is 4. The van der Waals surface area contributed by atoms with Crippen LogP contribution in [0.3, 0.4) is 0 Å². The molecule has 2 N–H and O–H groups in total. The number of benzene rings is 1. The van der Waals surface area contributed by atoms with Crippen LogP contribution in [0.1, 0.15) is 37.8 Å². The van der Waals surface area contributed by atoms with E-state index in [1.807, 2.05) is 4.90 Å². The molecule has 2 aromatic rings. The maximum Gasteiger partial charge on any atom is 0.191 e. The van der Waals surface area contributed by atoms with Crippen LogP contribution >= 0.6 is 0 Å². The fourth-order valence-electron chi connectivity index (χ4n) is 4.53. The molecule has 1 aromatic heterocycles. The summed E-state index contributed by atoms with van der Waals surface area (Å²) >= 11 is 0. The highest BCUT2D eigenvalue weighted by atomic mass is 19.1. The molecule has 2 unspecified atom stereocenters. The lowest BCUT2D eigenvalue weighted by Gasteiger charge is -2.27. The summed E-state index contributed by atoms with van der Waals surface area (Å²) in [7, 11) is 0. The third-order valence-corrected chi connectivity index (χ3v) is 6.10. The number of halogens is 1. The molecular weight excluding hydrogens is 391 g/mol. The van der Waals surface area contributed by atoms with Gasteiger partial charge in [-0.1, -0.05) is 30.3 Å². The summed E-state index contributed by atoms with van der Waals surface area (Å²) in [6, 6.07) is 14.3. The molecule has 2 aliphatic rings. The Labute approximate surface area is 184 Å². The van der Waals surface area contributed by atoms with Crippen LogP contribution in [-0.4, -0.2) is 61.2 Å². The number of pyridine rings is 1. The van der Waals surface area contributed by atoms with Crippen molar-refractivity contribution in [2.24, 2.45) is 4.99 Å². The first-order valence-corrected chi connectivity index (χ1v) is 11.4. The van der Waals surface area contributed by atoms with Gasteiger partial charge in [0.1, 0.15) is 0 Å². The number of likely N-dealkylation sites (tertiary alicyclic amines) is 1. The number of rotatable bonds is 7. The first-order chi connectivity index (χ1) is 15.2. The minimum absolute atomic E-state index is 0.209. The van der Waals surface area contributed by atoms with E-state index in [4.69, 9.17) is 4.99 Å². The normalized spacial score (nSPS) is 20.8. The molecule has 166 valence electrons. The molecule has 0 saturated carbocycles. The third-order valence-electron chi connectivity index (χ3n) is 6.10. The van der Waals surface area contributed by atoms with Crippen molar-refractivity contribution in [3.05, 3.63) is 60.0 Å². The number of guanidine groups is 1. The Balaban J connectivity index is 1.42. The Morgan fingerprint density at radius 3 is 2.71 bits per heavy atom. The second-order valence-electron chi connectivity index (χ2n) is 8.27. The molecule has 0 aliphatic carbocycles. The molecule has 31 heavy (non-hydrogen) atoms. The molecule has 6 nitrogen and oxygen atoms in total. The van der Waals surface area contributed by atoms with Crippen LogP contribution in [0.15, 0.2) is 53.7 Å². The molecule has 2 saturated heterocycles. The van der Waals surface area contributed by atoms with Gasteiger partial charge in [-0.3, -0.25) is 9.89 Å². The first-order valence-electron chi connectivity index (χ1n) is 11.4. The first kappa shape index (κ1) is 21.6. The van der Waals surface area contributed by atoms with E-state index in [9.17, 15) is 4.39 Å². The standard InChI is InChI=1S/C24H33FN6/c1-2-26-24(29-20-12-16-31(18-20)23-21(25)11-8-13-27-23)28-17-22(30-14-6-7-15-30)19-9-4-3-5-10-19/h3-5,8-11,13,20,22H,2,6-7,12,14-18H2,1H3,(H2,26,28,29). The molecular formula is C24H33FN6. The highest BCUT2D eigenvalue weighted by molar-refractivity contribution is 5.80. The van der Waals surface area contributed by atoms with Crippen molar-refractivity contribution in [3.8, 4) is 0 Å². The van der Waals surface area contributed by atoms with Gasteiger partial charge in [0.2, 0.25) is 0 Å². The van der Waals surface area contributed by atoms with Crippen LogP contribution in [-0.2, 0) is 0 Å². The minimum Gasteiger partial charge on any atom is -0.357 e. The zero-order valence-corrected chi connectivity index (χ0v) is 18.3. The van der Waals surface area contributed by atoms with Crippen LogP contribution in [0.2, 0.25) is 0 Å². The predicted octanol–water partition coefficient (Wildman–Crippen LogP) is 3.19. The molecule has 3 heterocycles. The molecule has 0 bridgehead atoms. The highest BCUT2D eigenvalue weighted by Gasteiger charge is 2.27. The topological polar surface area (TPSA) is 55.8 Å². The summed E-state index contributed by atoms with van der Waals surface area (Å²) in [6.07, 6.45) is 5.09. The summed E-state index contributed by atoms with van der Waals surface area (Å²) in [5, 5.41) is 6.95.